The van der Waals surface area contributed by atoms with Gasteiger partial charge in [0.25, 0.3) is 0 Å². The van der Waals surface area contributed by atoms with Crippen LogP contribution in [0.5, 0.6) is 0 Å². The summed E-state index contributed by atoms with van der Waals surface area (Å²) in [5, 5.41) is 9.25. The molecule has 0 radical (unpaired) electrons. The Morgan fingerprint density at radius 1 is 1.39 bits per heavy atom. The van der Waals surface area contributed by atoms with Crippen molar-refractivity contribution < 1.29 is 9.90 Å². The van der Waals surface area contributed by atoms with Crippen molar-refractivity contribution in [1.82, 2.24) is 4.57 Å². The number of rotatable bonds is 4. The lowest BCUT2D eigenvalue weighted by molar-refractivity contribution is 0.0697. The molecule has 0 fully saturated rings. The zero-order valence-electron chi connectivity index (χ0n) is 9.64. The number of carboxylic acids is 1. The van der Waals surface area contributed by atoms with E-state index in [4.69, 9.17) is 22.4 Å². The summed E-state index contributed by atoms with van der Waals surface area (Å²) in [6.07, 6.45) is 4.61. The topological polar surface area (TPSA) is 68.2 Å². The van der Waals surface area contributed by atoms with Crippen LogP contribution in [0.4, 0.5) is 0 Å². The molecular weight excluding hydrogens is 252 g/mol. The van der Waals surface area contributed by atoms with Crippen molar-refractivity contribution in [3.05, 3.63) is 52.8 Å². The lowest BCUT2D eigenvalue weighted by Gasteiger charge is -2.05. The molecule has 3 N–H and O–H groups in total. The first kappa shape index (κ1) is 12.7. The van der Waals surface area contributed by atoms with Crippen LogP contribution in [-0.2, 0) is 6.42 Å². The molecule has 1 aromatic carbocycles. The molecule has 94 valence electrons. The smallest absolute Gasteiger partial charge is 0.337 e. The fourth-order valence-corrected chi connectivity index (χ4v) is 1.95. The number of halogens is 1. The number of benzene rings is 1. The van der Waals surface area contributed by atoms with Gasteiger partial charge < -0.3 is 15.4 Å². The van der Waals surface area contributed by atoms with E-state index in [1.54, 1.807) is 18.2 Å². The van der Waals surface area contributed by atoms with Crippen molar-refractivity contribution in [2.24, 2.45) is 5.73 Å². The molecule has 2 rings (SSSR count). The molecular formula is C13H13ClN2O2. The normalized spacial score (nSPS) is 10.6. The van der Waals surface area contributed by atoms with Crippen LogP contribution >= 0.6 is 11.6 Å². The van der Waals surface area contributed by atoms with Gasteiger partial charge in [0, 0.05) is 18.1 Å². The molecule has 0 bridgehead atoms. The van der Waals surface area contributed by atoms with Gasteiger partial charge >= 0.3 is 5.97 Å². The van der Waals surface area contributed by atoms with Crippen molar-refractivity contribution in [2.45, 2.75) is 6.42 Å². The third-order valence-corrected chi connectivity index (χ3v) is 3.00. The average Bonchev–Trinajstić information content (AvgIpc) is 2.78. The van der Waals surface area contributed by atoms with E-state index in [1.807, 2.05) is 23.0 Å². The van der Waals surface area contributed by atoms with Crippen molar-refractivity contribution in [3.8, 4) is 5.69 Å². The highest BCUT2D eigenvalue weighted by Crippen LogP contribution is 2.20. The first-order valence-corrected chi connectivity index (χ1v) is 5.90. The van der Waals surface area contributed by atoms with E-state index in [1.165, 1.54) is 0 Å². The van der Waals surface area contributed by atoms with Crippen LogP contribution in [-0.4, -0.2) is 22.2 Å². The quantitative estimate of drug-likeness (QED) is 0.891. The Morgan fingerprint density at radius 2 is 2.17 bits per heavy atom. The van der Waals surface area contributed by atoms with E-state index in [0.717, 1.165) is 17.7 Å². The third kappa shape index (κ3) is 2.55. The Kier molecular flexibility index (Phi) is 3.69. The van der Waals surface area contributed by atoms with Crippen LogP contribution in [0.1, 0.15) is 15.9 Å². The molecule has 1 heterocycles. The van der Waals surface area contributed by atoms with E-state index in [-0.39, 0.29) is 10.6 Å². The van der Waals surface area contributed by atoms with Gasteiger partial charge in [0.1, 0.15) is 0 Å². The highest BCUT2D eigenvalue weighted by Gasteiger charge is 2.10. The minimum atomic E-state index is -1.03. The molecule has 0 spiro atoms. The largest absolute Gasteiger partial charge is 0.478 e. The van der Waals surface area contributed by atoms with Crippen LogP contribution in [0.2, 0.25) is 5.02 Å². The van der Waals surface area contributed by atoms with Crippen molar-refractivity contribution in [3.63, 3.8) is 0 Å². The minimum Gasteiger partial charge on any atom is -0.478 e. The number of aromatic carboxylic acids is 1. The summed E-state index contributed by atoms with van der Waals surface area (Å²) in [7, 11) is 0. The average molecular weight is 265 g/mol. The molecule has 4 nitrogen and oxygen atoms in total. The van der Waals surface area contributed by atoms with Gasteiger partial charge in [0.2, 0.25) is 0 Å². The Hall–Kier alpha value is -1.78. The van der Waals surface area contributed by atoms with Crippen LogP contribution in [0, 0.1) is 0 Å². The number of carboxylic acid groups (broad SMARTS) is 1. The van der Waals surface area contributed by atoms with E-state index in [0.29, 0.717) is 6.54 Å². The summed E-state index contributed by atoms with van der Waals surface area (Å²) in [5.41, 5.74) is 7.47. The predicted molar refractivity (Wildman–Crippen MR) is 70.5 cm³/mol. The van der Waals surface area contributed by atoms with Crippen LogP contribution < -0.4 is 5.73 Å². The molecule has 0 atom stereocenters. The number of carbonyl (C=O) groups is 1. The van der Waals surface area contributed by atoms with Gasteiger partial charge in [-0.25, -0.2) is 4.79 Å². The molecule has 0 saturated carbocycles. The third-order valence-electron chi connectivity index (χ3n) is 2.67. The molecule has 1 aromatic heterocycles. The van der Waals surface area contributed by atoms with Crippen LogP contribution in [0.15, 0.2) is 36.7 Å². The number of hydrogen-bond donors (Lipinski definition) is 2. The fourth-order valence-electron chi connectivity index (χ4n) is 1.75. The second-order valence-corrected chi connectivity index (χ2v) is 4.34. The Morgan fingerprint density at radius 3 is 2.83 bits per heavy atom. The fraction of sp³-hybridized carbons (Fsp3) is 0.154. The summed E-state index contributed by atoms with van der Waals surface area (Å²) >= 11 is 5.83. The summed E-state index contributed by atoms with van der Waals surface area (Å²) in [6.45, 7) is 0.588. The monoisotopic (exact) mass is 264 g/mol. The Labute approximate surface area is 110 Å². The second-order valence-electron chi connectivity index (χ2n) is 3.93. The number of hydrogen-bond acceptors (Lipinski definition) is 2. The standard InChI is InChI=1S/C13H13ClN2O2/c14-12-2-1-10(7-11(12)13(17)18)16-6-4-9(8-16)3-5-15/h1-2,4,6-8H,3,5,15H2,(H,17,18). The van der Waals surface area contributed by atoms with Gasteiger partial charge in [0.15, 0.2) is 0 Å². The van der Waals surface area contributed by atoms with E-state index < -0.39 is 5.97 Å². The van der Waals surface area contributed by atoms with Gasteiger partial charge in [-0.05, 0) is 42.8 Å². The van der Waals surface area contributed by atoms with Gasteiger partial charge in [-0.3, -0.25) is 0 Å². The number of aromatic nitrogens is 1. The lowest BCUT2D eigenvalue weighted by atomic mass is 10.2. The SMILES string of the molecule is NCCc1ccn(-c2ccc(Cl)c(C(=O)O)c2)c1. The summed E-state index contributed by atoms with van der Waals surface area (Å²) in [5.74, 6) is -1.03. The maximum absolute atomic E-state index is 11.0. The van der Waals surface area contributed by atoms with Gasteiger partial charge in [-0.15, -0.1) is 0 Å². The Bertz CT molecular complexity index is 578. The molecule has 18 heavy (non-hydrogen) atoms. The maximum atomic E-state index is 11.0. The van der Waals surface area contributed by atoms with Gasteiger partial charge in [-0.2, -0.15) is 0 Å². The first-order chi connectivity index (χ1) is 8.61. The molecule has 0 aliphatic heterocycles. The Balaban J connectivity index is 2.38. The van der Waals surface area contributed by atoms with E-state index >= 15 is 0 Å². The zero-order valence-corrected chi connectivity index (χ0v) is 10.4. The maximum Gasteiger partial charge on any atom is 0.337 e. The molecule has 0 unspecified atom stereocenters. The molecule has 0 aliphatic rings. The molecule has 0 saturated heterocycles. The summed E-state index contributed by atoms with van der Waals surface area (Å²) < 4.78 is 1.85. The molecule has 0 aliphatic carbocycles. The van der Waals surface area contributed by atoms with E-state index in [9.17, 15) is 4.79 Å². The lowest BCUT2D eigenvalue weighted by Crippen LogP contribution is -2.02. The van der Waals surface area contributed by atoms with E-state index in [2.05, 4.69) is 0 Å². The zero-order chi connectivity index (χ0) is 13.1. The van der Waals surface area contributed by atoms with Gasteiger partial charge in [-0.1, -0.05) is 11.6 Å². The number of nitrogens with two attached hydrogens (primary N) is 1. The highest BCUT2D eigenvalue weighted by molar-refractivity contribution is 6.33. The molecule has 2 aromatic rings. The summed E-state index contributed by atoms with van der Waals surface area (Å²) in [6, 6.07) is 6.88. The minimum absolute atomic E-state index is 0.100. The number of nitrogens with zero attached hydrogens (tertiary/aromatic N) is 1. The van der Waals surface area contributed by atoms with Crippen molar-refractivity contribution in [2.75, 3.05) is 6.54 Å². The molecule has 5 heteroatoms. The molecule has 0 amide bonds. The van der Waals surface area contributed by atoms with Crippen molar-refractivity contribution >= 4 is 17.6 Å². The predicted octanol–water partition coefficient (Wildman–Crippen LogP) is 2.33. The first-order valence-electron chi connectivity index (χ1n) is 5.52. The van der Waals surface area contributed by atoms with Gasteiger partial charge in [0.05, 0.1) is 10.6 Å². The highest BCUT2D eigenvalue weighted by atomic mass is 35.5. The second kappa shape index (κ2) is 5.25. The van der Waals surface area contributed by atoms with Crippen molar-refractivity contribution in [1.29, 1.82) is 0 Å². The van der Waals surface area contributed by atoms with Crippen LogP contribution in [0.25, 0.3) is 5.69 Å². The summed E-state index contributed by atoms with van der Waals surface area (Å²) in [4.78, 5) is 11.0. The van der Waals surface area contributed by atoms with Crippen LogP contribution in [0.3, 0.4) is 0 Å².